The summed E-state index contributed by atoms with van der Waals surface area (Å²) < 4.78 is 0. The van der Waals surface area contributed by atoms with Gasteiger partial charge in [0, 0.05) is 18.0 Å². The van der Waals surface area contributed by atoms with Crippen molar-refractivity contribution in [3.05, 3.63) is 35.4 Å². The Morgan fingerprint density at radius 1 is 1.30 bits per heavy atom. The monoisotopic (exact) mass is 275 g/mol. The van der Waals surface area contributed by atoms with E-state index in [2.05, 4.69) is 26.1 Å². The Morgan fingerprint density at radius 3 is 2.60 bits per heavy atom. The molecule has 1 aromatic rings. The van der Waals surface area contributed by atoms with Crippen LogP contribution in [-0.4, -0.2) is 23.7 Å². The van der Waals surface area contributed by atoms with Crippen molar-refractivity contribution < 1.29 is 9.90 Å². The van der Waals surface area contributed by atoms with E-state index in [9.17, 15) is 9.90 Å². The third-order valence-electron chi connectivity index (χ3n) is 4.12. The fourth-order valence-corrected chi connectivity index (χ4v) is 2.91. The molecule has 1 amide bonds. The molecule has 2 N–H and O–H groups in total. The normalized spacial score (nSPS) is 22.8. The third kappa shape index (κ3) is 3.40. The first-order chi connectivity index (χ1) is 9.39. The van der Waals surface area contributed by atoms with E-state index in [1.807, 2.05) is 24.3 Å². The standard InChI is InChI=1S/C17H25NO2/c1-17(2,3)14-9-5-4-8-13(14)16(20)18-11-12-7-6-10-15(12)19/h4-5,8-9,12,15,19H,6-7,10-11H2,1-3H3,(H,18,20). The molecule has 1 aromatic carbocycles. The maximum Gasteiger partial charge on any atom is 0.251 e. The molecular formula is C17H25NO2. The van der Waals surface area contributed by atoms with Gasteiger partial charge in [0.15, 0.2) is 0 Å². The van der Waals surface area contributed by atoms with Gasteiger partial charge in [-0.1, -0.05) is 45.4 Å². The topological polar surface area (TPSA) is 49.3 Å². The number of carbonyl (C=O) groups is 1. The van der Waals surface area contributed by atoms with Crippen LogP contribution >= 0.6 is 0 Å². The van der Waals surface area contributed by atoms with Gasteiger partial charge in [0.05, 0.1) is 6.10 Å². The van der Waals surface area contributed by atoms with Crippen molar-refractivity contribution in [2.75, 3.05) is 6.54 Å². The van der Waals surface area contributed by atoms with Gasteiger partial charge >= 0.3 is 0 Å². The first kappa shape index (κ1) is 15.0. The molecule has 0 aromatic heterocycles. The summed E-state index contributed by atoms with van der Waals surface area (Å²) in [5.41, 5.74) is 1.75. The van der Waals surface area contributed by atoms with E-state index < -0.39 is 0 Å². The summed E-state index contributed by atoms with van der Waals surface area (Å²) in [6, 6.07) is 7.76. The van der Waals surface area contributed by atoms with Gasteiger partial charge in [-0.05, 0) is 29.9 Å². The second-order valence-corrected chi connectivity index (χ2v) is 6.76. The molecular weight excluding hydrogens is 250 g/mol. The van der Waals surface area contributed by atoms with Gasteiger partial charge in [0.1, 0.15) is 0 Å². The molecule has 1 fully saturated rings. The number of amides is 1. The molecule has 0 spiro atoms. The minimum atomic E-state index is -0.256. The lowest BCUT2D eigenvalue weighted by atomic mass is 9.83. The van der Waals surface area contributed by atoms with E-state index in [-0.39, 0.29) is 23.3 Å². The molecule has 2 rings (SSSR count). The summed E-state index contributed by atoms with van der Waals surface area (Å²) in [6.45, 7) is 6.90. The van der Waals surface area contributed by atoms with Crippen molar-refractivity contribution in [3.8, 4) is 0 Å². The van der Waals surface area contributed by atoms with Crippen LogP contribution in [0.3, 0.4) is 0 Å². The Balaban J connectivity index is 2.06. The number of nitrogens with one attached hydrogen (secondary N) is 1. The summed E-state index contributed by atoms with van der Waals surface area (Å²) in [4.78, 5) is 12.4. The van der Waals surface area contributed by atoms with Gasteiger partial charge in [-0.3, -0.25) is 4.79 Å². The van der Waals surface area contributed by atoms with Gasteiger partial charge in [-0.15, -0.1) is 0 Å². The molecule has 2 atom stereocenters. The molecule has 1 aliphatic carbocycles. The fraction of sp³-hybridized carbons (Fsp3) is 0.588. The minimum absolute atomic E-state index is 0.0328. The highest BCUT2D eigenvalue weighted by Gasteiger charge is 2.26. The summed E-state index contributed by atoms with van der Waals surface area (Å²) >= 11 is 0. The summed E-state index contributed by atoms with van der Waals surface area (Å²) in [5, 5.41) is 12.8. The first-order valence-corrected chi connectivity index (χ1v) is 7.45. The van der Waals surface area contributed by atoms with Crippen LogP contribution in [0.5, 0.6) is 0 Å². The number of aliphatic hydroxyl groups is 1. The molecule has 110 valence electrons. The average molecular weight is 275 g/mol. The van der Waals surface area contributed by atoms with E-state index in [0.717, 1.165) is 30.4 Å². The van der Waals surface area contributed by atoms with Crippen molar-refractivity contribution in [1.82, 2.24) is 5.32 Å². The lowest BCUT2D eigenvalue weighted by molar-refractivity contribution is 0.0914. The number of hydrogen-bond donors (Lipinski definition) is 2. The Kier molecular flexibility index (Phi) is 4.48. The number of aliphatic hydroxyl groups excluding tert-OH is 1. The van der Waals surface area contributed by atoms with E-state index >= 15 is 0 Å². The fourth-order valence-electron chi connectivity index (χ4n) is 2.91. The number of hydrogen-bond acceptors (Lipinski definition) is 2. The second-order valence-electron chi connectivity index (χ2n) is 6.76. The highest BCUT2D eigenvalue weighted by Crippen LogP contribution is 2.27. The van der Waals surface area contributed by atoms with Crippen LogP contribution in [0.25, 0.3) is 0 Å². The SMILES string of the molecule is CC(C)(C)c1ccccc1C(=O)NCC1CCCC1O. The van der Waals surface area contributed by atoms with Crippen molar-refractivity contribution in [2.45, 2.75) is 51.6 Å². The van der Waals surface area contributed by atoms with Gasteiger partial charge < -0.3 is 10.4 Å². The Bertz CT molecular complexity index is 476. The average Bonchev–Trinajstić information content (AvgIpc) is 2.80. The van der Waals surface area contributed by atoms with Crippen LogP contribution in [0, 0.1) is 5.92 Å². The van der Waals surface area contributed by atoms with Gasteiger partial charge in [0.2, 0.25) is 0 Å². The number of carbonyl (C=O) groups excluding carboxylic acids is 1. The van der Waals surface area contributed by atoms with Crippen LogP contribution in [0.4, 0.5) is 0 Å². The zero-order chi connectivity index (χ0) is 14.8. The second kappa shape index (κ2) is 5.96. The molecule has 20 heavy (non-hydrogen) atoms. The van der Waals surface area contributed by atoms with E-state index in [0.29, 0.717) is 6.54 Å². The molecule has 3 nitrogen and oxygen atoms in total. The van der Waals surface area contributed by atoms with Crippen LogP contribution in [-0.2, 0) is 5.41 Å². The highest BCUT2D eigenvalue weighted by molar-refractivity contribution is 5.96. The van der Waals surface area contributed by atoms with E-state index in [1.54, 1.807) is 0 Å². The molecule has 1 aliphatic rings. The first-order valence-electron chi connectivity index (χ1n) is 7.45. The lowest BCUT2D eigenvalue weighted by Gasteiger charge is -2.23. The molecule has 0 saturated heterocycles. The van der Waals surface area contributed by atoms with Crippen molar-refractivity contribution >= 4 is 5.91 Å². The number of rotatable bonds is 3. The van der Waals surface area contributed by atoms with Crippen molar-refractivity contribution in [2.24, 2.45) is 5.92 Å². The van der Waals surface area contributed by atoms with Crippen LogP contribution in [0.2, 0.25) is 0 Å². The lowest BCUT2D eigenvalue weighted by Crippen LogP contribution is -2.33. The molecule has 0 heterocycles. The molecule has 3 heteroatoms. The van der Waals surface area contributed by atoms with E-state index in [1.165, 1.54) is 0 Å². The summed E-state index contributed by atoms with van der Waals surface area (Å²) in [5.74, 6) is 0.176. The maximum absolute atomic E-state index is 12.4. The molecule has 1 saturated carbocycles. The predicted octanol–water partition coefficient (Wildman–Crippen LogP) is 2.87. The largest absolute Gasteiger partial charge is 0.393 e. The molecule has 0 aliphatic heterocycles. The summed E-state index contributed by atoms with van der Waals surface area (Å²) in [6.07, 6.45) is 2.66. The maximum atomic E-state index is 12.4. The van der Waals surface area contributed by atoms with Crippen LogP contribution < -0.4 is 5.32 Å². The summed E-state index contributed by atoms with van der Waals surface area (Å²) in [7, 11) is 0. The van der Waals surface area contributed by atoms with Crippen LogP contribution in [0.1, 0.15) is 56.0 Å². The van der Waals surface area contributed by atoms with Crippen molar-refractivity contribution in [1.29, 1.82) is 0 Å². The third-order valence-corrected chi connectivity index (χ3v) is 4.12. The predicted molar refractivity (Wildman–Crippen MR) is 80.8 cm³/mol. The van der Waals surface area contributed by atoms with Crippen molar-refractivity contribution in [3.63, 3.8) is 0 Å². The van der Waals surface area contributed by atoms with Gasteiger partial charge in [0.25, 0.3) is 5.91 Å². The van der Waals surface area contributed by atoms with Gasteiger partial charge in [-0.25, -0.2) is 0 Å². The molecule has 0 bridgehead atoms. The van der Waals surface area contributed by atoms with Gasteiger partial charge in [-0.2, -0.15) is 0 Å². The zero-order valence-electron chi connectivity index (χ0n) is 12.6. The number of benzene rings is 1. The molecule has 2 unspecified atom stereocenters. The Morgan fingerprint density at radius 2 is 2.00 bits per heavy atom. The minimum Gasteiger partial charge on any atom is -0.393 e. The Hall–Kier alpha value is -1.35. The quantitative estimate of drug-likeness (QED) is 0.891. The smallest absolute Gasteiger partial charge is 0.251 e. The highest BCUT2D eigenvalue weighted by atomic mass is 16.3. The van der Waals surface area contributed by atoms with Crippen LogP contribution in [0.15, 0.2) is 24.3 Å². The zero-order valence-corrected chi connectivity index (χ0v) is 12.6. The van der Waals surface area contributed by atoms with E-state index in [4.69, 9.17) is 0 Å². The molecule has 0 radical (unpaired) electrons. The Labute approximate surface area is 121 Å².